The zero-order valence-electron chi connectivity index (χ0n) is 8.35. The fourth-order valence-electron chi connectivity index (χ4n) is 0.763. The van der Waals surface area contributed by atoms with Crippen LogP contribution in [-0.4, -0.2) is 38.0 Å². The number of nitrogen functional groups attached to an aromatic ring is 1. The molecule has 0 saturated carbocycles. The minimum Gasteiger partial charge on any atom is -0.395 e. The van der Waals surface area contributed by atoms with E-state index in [2.05, 4.69) is 19.5 Å². The van der Waals surface area contributed by atoms with Crippen LogP contribution in [0.3, 0.4) is 0 Å². The van der Waals surface area contributed by atoms with Crippen molar-refractivity contribution in [3.8, 4) is 0 Å². The molecule has 1 amide bonds. The smallest absolute Gasteiger partial charge is 0.268 e. The van der Waals surface area contributed by atoms with Crippen molar-refractivity contribution >= 4 is 38.7 Å². The summed E-state index contributed by atoms with van der Waals surface area (Å²) in [6, 6.07) is 0. The van der Waals surface area contributed by atoms with Crippen LogP contribution in [-0.2, 0) is 9.63 Å². The van der Waals surface area contributed by atoms with E-state index < -0.39 is 0 Å². The average Bonchev–Trinajstić information content (AvgIpc) is 2.65. The third-order valence-electron chi connectivity index (χ3n) is 1.38. The van der Waals surface area contributed by atoms with E-state index in [0.717, 1.165) is 11.5 Å². The van der Waals surface area contributed by atoms with Crippen molar-refractivity contribution in [2.75, 3.05) is 12.3 Å². The third kappa shape index (κ3) is 2.99. The van der Waals surface area contributed by atoms with Gasteiger partial charge < -0.3 is 15.6 Å². The van der Waals surface area contributed by atoms with Crippen LogP contribution in [0.5, 0.6) is 0 Å². The summed E-state index contributed by atoms with van der Waals surface area (Å²) in [6.07, 6.45) is 0. The number of aromatic nitrogens is 2. The molecule has 82 valence electrons. The van der Waals surface area contributed by atoms with Gasteiger partial charge >= 0.3 is 0 Å². The fraction of sp³-hybridized carbons (Fsp3) is 0.333. The Kier molecular flexibility index (Phi) is 4.18. The maximum Gasteiger partial charge on any atom is 0.268 e. The first-order chi connectivity index (χ1) is 7.19. The second kappa shape index (κ2) is 5.41. The number of nitrogens with zero attached hydrogens (tertiary/aromatic N) is 3. The Labute approximate surface area is 93.4 Å². The number of nitrogens with one attached hydrogen (secondary N) is 1. The van der Waals surface area contributed by atoms with E-state index in [0.29, 0.717) is 17.0 Å². The Hall–Kier alpha value is -1.48. The minimum absolute atomic E-state index is 0.0554. The molecule has 0 fully saturated rings. The number of amides is 1. The quantitative estimate of drug-likeness (QED) is 0.372. The molecule has 15 heavy (non-hydrogen) atoms. The highest BCUT2D eigenvalue weighted by Gasteiger charge is 2.18. The molecule has 0 aliphatic carbocycles. The van der Waals surface area contributed by atoms with Crippen LogP contribution in [0.25, 0.3) is 0 Å². The average molecular weight is 245 g/mol. The summed E-state index contributed by atoms with van der Waals surface area (Å²) in [7, 11) is 0.518. The molecule has 7 nitrogen and oxygen atoms in total. The maximum atomic E-state index is 11.4. The number of rotatable bonds is 4. The van der Waals surface area contributed by atoms with Gasteiger partial charge in [0.1, 0.15) is 17.0 Å². The van der Waals surface area contributed by atoms with Crippen molar-refractivity contribution in [2.24, 2.45) is 5.16 Å². The van der Waals surface area contributed by atoms with E-state index in [1.807, 2.05) is 0 Å². The van der Waals surface area contributed by atoms with Gasteiger partial charge in [0.05, 0.1) is 0 Å². The highest BCUT2D eigenvalue weighted by Crippen LogP contribution is 2.07. The van der Waals surface area contributed by atoms with Gasteiger partial charge in [0.2, 0.25) is 11.5 Å². The largest absolute Gasteiger partial charge is 0.395 e. The Balaban J connectivity index is 2.95. The highest BCUT2D eigenvalue weighted by atomic mass is 32.1. The Bertz CT molecular complexity index is 379. The van der Waals surface area contributed by atoms with E-state index in [9.17, 15) is 4.79 Å². The SMILES string of the molecule is CCO/N=C(\C(=O)N[SiH3])c1nsc(N)n1. The van der Waals surface area contributed by atoms with Gasteiger partial charge in [-0.05, 0) is 6.92 Å². The predicted molar refractivity (Wildman–Crippen MR) is 60.6 cm³/mol. The summed E-state index contributed by atoms with van der Waals surface area (Å²) in [5.74, 6) is -0.160. The lowest BCUT2D eigenvalue weighted by molar-refractivity contribution is -0.113. The van der Waals surface area contributed by atoms with Crippen LogP contribution in [0, 0.1) is 0 Å². The number of nitrogens with two attached hydrogens (primary N) is 1. The van der Waals surface area contributed by atoms with Crippen LogP contribution in [0.1, 0.15) is 12.7 Å². The summed E-state index contributed by atoms with van der Waals surface area (Å²) in [4.78, 5) is 22.6. The number of anilines is 1. The molecule has 1 heterocycles. The van der Waals surface area contributed by atoms with E-state index in [-0.39, 0.29) is 22.6 Å². The molecular weight excluding hydrogens is 234 g/mol. The molecule has 3 N–H and O–H groups in total. The Morgan fingerprint density at radius 2 is 2.53 bits per heavy atom. The molecule has 1 aromatic heterocycles. The number of carbonyl (C=O) groups excluding carboxylic acids is 1. The van der Waals surface area contributed by atoms with Gasteiger partial charge in [0, 0.05) is 11.5 Å². The predicted octanol–water partition coefficient (Wildman–Crippen LogP) is -1.74. The first-order valence-electron chi connectivity index (χ1n) is 4.20. The lowest BCUT2D eigenvalue weighted by atomic mass is 10.3. The van der Waals surface area contributed by atoms with E-state index in [4.69, 9.17) is 10.6 Å². The second-order valence-electron chi connectivity index (χ2n) is 2.39. The topological polar surface area (TPSA) is 102 Å². The van der Waals surface area contributed by atoms with Gasteiger partial charge in [0.25, 0.3) is 5.91 Å². The summed E-state index contributed by atoms with van der Waals surface area (Å²) in [5, 5.41) is 3.94. The van der Waals surface area contributed by atoms with E-state index in [1.54, 1.807) is 6.92 Å². The fourth-order valence-corrected chi connectivity index (χ4v) is 1.43. The Morgan fingerprint density at radius 3 is 3.00 bits per heavy atom. The maximum absolute atomic E-state index is 11.4. The third-order valence-corrected chi connectivity index (χ3v) is 2.38. The van der Waals surface area contributed by atoms with Gasteiger partial charge in [0.15, 0.2) is 5.13 Å². The van der Waals surface area contributed by atoms with Gasteiger partial charge in [-0.2, -0.15) is 9.36 Å². The molecule has 0 radical (unpaired) electrons. The number of oxime groups is 1. The summed E-state index contributed by atoms with van der Waals surface area (Å²) in [6.45, 7) is 2.14. The molecule has 0 spiro atoms. The van der Waals surface area contributed by atoms with Gasteiger partial charge in [-0.3, -0.25) is 4.79 Å². The van der Waals surface area contributed by atoms with E-state index >= 15 is 0 Å². The first kappa shape index (κ1) is 11.6. The lowest BCUT2D eigenvalue weighted by Crippen LogP contribution is -2.30. The van der Waals surface area contributed by atoms with Crippen LogP contribution in [0.2, 0.25) is 0 Å². The van der Waals surface area contributed by atoms with Crippen LogP contribution < -0.4 is 10.7 Å². The molecule has 0 aromatic carbocycles. The molecule has 9 heteroatoms. The molecule has 1 aromatic rings. The summed E-state index contributed by atoms with van der Waals surface area (Å²) in [5.41, 5.74) is 5.47. The lowest BCUT2D eigenvalue weighted by Gasteiger charge is -2.00. The number of hydrogen-bond acceptors (Lipinski definition) is 7. The normalized spacial score (nSPS) is 11.4. The van der Waals surface area contributed by atoms with Crippen molar-refractivity contribution in [1.82, 2.24) is 14.3 Å². The van der Waals surface area contributed by atoms with Gasteiger partial charge in [-0.15, -0.1) is 0 Å². The molecule has 1 rings (SSSR count). The van der Waals surface area contributed by atoms with Crippen LogP contribution in [0.4, 0.5) is 5.13 Å². The monoisotopic (exact) mass is 245 g/mol. The molecular formula is C6H11N5O2SSi. The van der Waals surface area contributed by atoms with Crippen molar-refractivity contribution in [2.45, 2.75) is 6.92 Å². The standard InChI is InChI=1S/C6H11N5O2SSi/c1-2-13-9-3(5(12)11-15)4-8-6(7)14-10-4/h2H2,1,15H3,(H,11,12)(H2,7,8,10)/b9-3-. The number of carbonyl (C=O) groups is 1. The van der Waals surface area contributed by atoms with Crippen molar-refractivity contribution in [3.63, 3.8) is 0 Å². The molecule has 0 saturated heterocycles. The van der Waals surface area contributed by atoms with Crippen LogP contribution >= 0.6 is 11.5 Å². The van der Waals surface area contributed by atoms with Crippen molar-refractivity contribution < 1.29 is 9.63 Å². The number of hydrogen-bond donors (Lipinski definition) is 2. The van der Waals surface area contributed by atoms with E-state index in [1.165, 1.54) is 0 Å². The first-order valence-corrected chi connectivity index (χ1v) is 5.98. The second-order valence-corrected chi connectivity index (χ2v) is 3.68. The van der Waals surface area contributed by atoms with Crippen LogP contribution in [0.15, 0.2) is 5.16 Å². The Morgan fingerprint density at radius 1 is 1.80 bits per heavy atom. The molecule has 0 atom stereocenters. The van der Waals surface area contributed by atoms with Crippen molar-refractivity contribution in [1.29, 1.82) is 0 Å². The summed E-state index contributed by atoms with van der Waals surface area (Å²) >= 11 is 1.01. The highest BCUT2D eigenvalue weighted by molar-refractivity contribution is 7.09. The molecule has 0 aliphatic heterocycles. The van der Waals surface area contributed by atoms with Gasteiger partial charge in [-0.25, -0.2) is 0 Å². The van der Waals surface area contributed by atoms with Gasteiger partial charge in [-0.1, -0.05) is 5.16 Å². The molecule has 0 aliphatic rings. The summed E-state index contributed by atoms with van der Waals surface area (Å²) < 4.78 is 3.89. The molecule has 0 bridgehead atoms. The molecule has 0 unspecified atom stereocenters. The zero-order valence-corrected chi connectivity index (χ0v) is 11.2. The van der Waals surface area contributed by atoms with Crippen molar-refractivity contribution in [3.05, 3.63) is 5.82 Å². The minimum atomic E-state index is -0.354. The zero-order chi connectivity index (χ0) is 11.3.